The first-order valence-corrected chi connectivity index (χ1v) is 7.80. The van der Waals surface area contributed by atoms with Crippen LogP contribution in [0.2, 0.25) is 0 Å². The van der Waals surface area contributed by atoms with Crippen molar-refractivity contribution in [2.45, 2.75) is 46.6 Å². The van der Waals surface area contributed by atoms with Crippen LogP contribution in [0.3, 0.4) is 0 Å². The second-order valence-electron chi connectivity index (χ2n) is 5.26. The minimum Gasteiger partial charge on any atom is -0.380 e. The number of likely N-dealkylation sites (N-methyl/N-ethyl adjacent to an activating group) is 1. The Hall–Kier alpha value is -1.06. The summed E-state index contributed by atoms with van der Waals surface area (Å²) in [6.07, 6.45) is 1.99. The third kappa shape index (κ3) is 5.14. The van der Waals surface area contributed by atoms with E-state index in [1.165, 1.54) is 16.8 Å². The highest BCUT2D eigenvalue weighted by molar-refractivity contribution is 5.51. The molecular formula is C17H30N2O. The number of benzene rings is 1. The van der Waals surface area contributed by atoms with Gasteiger partial charge in [-0.1, -0.05) is 13.0 Å². The lowest BCUT2D eigenvalue weighted by Crippen LogP contribution is -2.27. The van der Waals surface area contributed by atoms with Crippen molar-refractivity contribution in [3.8, 4) is 0 Å². The number of anilines is 1. The first-order chi connectivity index (χ1) is 9.62. The number of ether oxygens (including phenoxy) is 1. The van der Waals surface area contributed by atoms with E-state index in [0.717, 1.165) is 39.1 Å². The Morgan fingerprint density at radius 2 is 2.00 bits per heavy atom. The molecule has 0 bridgehead atoms. The van der Waals surface area contributed by atoms with E-state index in [-0.39, 0.29) is 6.04 Å². The van der Waals surface area contributed by atoms with E-state index >= 15 is 0 Å². The Labute approximate surface area is 124 Å². The topological polar surface area (TPSA) is 38.5 Å². The number of hydrogen-bond donors (Lipinski definition) is 1. The molecule has 0 radical (unpaired) electrons. The summed E-state index contributed by atoms with van der Waals surface area (Å²) in [5.74, 6) is 0. The van der Waals surface area contributed by atoms with Gasteiger partial charge in [0.25, 0.3) is 0 Å². The van der Waals surface area contributed by atoms with Gasteiger partial charge in [0, 0.05) is 31.4 Å². The van der Waals surface area contributed by atoms with Crippen molar-refractivity contribution in [2.24, 2.45) is 5.73 Å². The van der Waals surface area contributed by atoms with Crippen LogP contribution < -0.4 is 10.6 Å². The molecule has 0 saturated carbocycles. The molecule has 2 N–H and O–H groups in total. The maximum atomic E-state index is 6.05. The van der Waals surface area contributed by atoms with E-state index in [1.54, 1.807) is 0 Å². The van der Waals surface area contributed by atoms with Crippen molar-refractivity contribution < 1.29 is 4.74 Å². The Morgan fingerprint density at radius 1 is 1.25 bits per heavy atom. The van der Waals surface area contributed by atoms with E-state index in [0.29, 0.717) is 0 Å². The van der Waals surface area contributed by atoms with Crippen molar-refractivity contribution in [3.63, 3.8) is 0 Å². The second kappa shape index (κ2) is 8.98. The van der Waals surface area contributed by atoms with Gasteiger partial charge in [0.2, 0.25) is 0 Å². The van der Waals surface area contributed by atoms with Crippen LogP contribution in [0.15, 0.2) is 18.2 Å². The SMILES string of the molecule is CCOCCN(CC)c1ccc(CC(N)CC)c(C)c1. The number of rotatable bonds is 9. The van der Waals surface area contributed by atoms with Gasteiger partial charge in [-0.15, -0.1) is 0 Å². The zero-order valence-corrected chi connectivity index (χ0v) is 13.5. The highest BCUT2D eigenvalue weighted by atomic mass is 16.5. The molecule has 0 spiro atoms. The van der Waals surface area contributed by atoms with Gasteiger partial charge in [0.15, 0.2) is 0 Å². The normalized spacial score (nSPS) is 12.4. The van der Waals surface area contributed by atoms with Crippen LogP contribution in [0.5, 0.6) is 0 Å². The predicted molar refractivity (Wildman–Crippen MR) is 87.5 cm³/mol. The molecule has 0 fully saturated rings. The number of nitrogens with zero attached hydrogens (tertiary/aromatic N) is 1. The maximum absolute atomic E-state index is 6.05. The monoisotopic (exact) mass is 278 g/mol. The Kier molecular flexibility index (Phi) is 7.63. The van der Waals surface area contributed by atoms with Crippen molar-refractivity contribution in [1.29, 1.82) is 0 Å². The second-order valence-corrected chi connectivity index (χ2v) is 5.26. The average Bonchev–Trinajstić information content (AvgIpc) is 2.46. The van der Waals surface area contributed by atoms with E-state index < -0.39 is 0 Å². The molecule has 1 unspecified atom stereocenters. The van der Waals surface area contributed by atoms with Gasteiger partial charge in [-0.2, -0.15) is 0 Å². The smallest absolute Gasteiger partial charge is 0.0641 e. The lowest BCUT2D eigenvalue weighted by Gasteiger charge is -2.24. The molecule has 0 aliphatic rings. The third-order valence-corrected chi connectivity index (χ3v) is 3.79. The molecule has 0 heterocycles. The summed E-state index contributed by atoms with van der Waals surface area (Å²) in [6.45, 7) is 12.0. The fraction of sp³-hybridized carbons (Fsp3) is 0.647. The van der Waals surface area contributed by atoms with E-state index in [2.05, 4.69) is 43.9 Å². The number of hydrogen-bond acceptors (Lipinski definition) is 3. The summed E-state index contributed by atoms with van der Waals surface area (Å²) in [7, 11) is 0. The Morgan fingerprint density at radius 3 is 2.55 bits per heavy atom. The van der Waals surface area contributed by atoms with Crippen LogP contribution in [0.4, 0.5) is 5.69 Å². The standard InChI is InChI=1S/C17H30N2O/c1-5-16(18)13-15-8-9-17(12-14(15)4)19(6-2)10-11-20-7-3/h8-9,12,16H,5-7,10-11,13,18H2,1-4H3. The summed E-state index contributed by atoms with van der Waals surface area (Å²) in [5.41, 5.74) is 10.0. The highest BCUT2D eigenvalue weighted by Crippen LogP contribution is 2.20. The zero-order valence-electron chi connectivity index (χ0n) is 13.5. The van der Waals surface area contributed by atoms with Crippen molar-refractivity contribution in [3.05, 3.63) is 29.3 Å². The molecule has 20 heavy (non-hydrogen) atoms. The van der Waals surface area contributed by atoms with Gasteiger partial charge >= 0.3 is 0 Å². The molecule has 0 saturated heterocycles. The summed E-state index contributed by atoms with van der Waals surface area (Å²) in [6, 6.07) is 6.97. The maximum Gasteiger partial charge on any atom is 0.0641 e. The first-order valence-electron chi connectivity index (χ1n) is 7.80. The van der Waals surface area contributed by atoms with Gasteiger partial charge in [-0.05, 0) is 56.9 Å². The molecule has 114 valence electrons. The molecule has 0 aliphatic heterocycles. The van der Waals surface area contributed by atoms with Gasteiger partial charge in [-0.3, -0.25) is 0 Å². The predicted octanol–water partition coefficient (Wildman–Crippen LogP) is 3.14. The molecule has 3 heteroatoms. The fourth-order valence-corrected chi connectivity index (χ4v) is 2.32. The summed E-state index contributed by atoms with van der Waals surface area (Å²) in [5, 5.41) is 0. The zero-order chi connectivity index (χ0) is 15.0. The Balaban J connectivity index is 2.73. The van der Waals surface area contributed by atoms with Gasteiger partial charge < -0.3 is 15.4 Å². The Bertz CT molecular complexity index is 393. The minimum atomic E-state index is 0.264. The molecule has 1 rings (SSSR count). The third-order valence-electron chi connectivity index (χ3n) is 3.79. The average molecular weight is 278 g/mol. The first kappa shape index (κ1) is 17.0. The summed E-state index contributed by atoms with van der Waals surface area (Å²) in [4.78, 5) is 2.35. The van der Waals surface area contributed by atoms with Crippen molar-refractivity contribution in [1.82, 2.24) is 0 Å². The van der Waals surface area contributed by atoms with E-state index in [4.69, 9.17) is 10.5 Å². The highest BCUT2D eigenvalue weighted by Gasteiger charge is 2.08. The molecule has 1 aromatic carbocycles. The van der Waals surface area contributed by atoms with Crippen LogP contribution in [0.1, 0.15) is 38.3 Å². The molecule has 1 atom stereocenters. The van der Waals surface area contributed by atoms with Gasteiger partial charge in [0.05, 0.1) is 6.61 Å². The van der Waals surface area contributed by atoms with Gasteiger partial charge in [-0.25, -0.2) is 0 Å². The lowest BCUT2D eigenvalue weighted by atomic mass is 9.99. The number of aryl methyl sites for hydroxylation is 1. The van der Waals surface area contributed by atoms with E-state index in [1.807, 2.05) is 6.92 Å². The molecule has 3 nitrogen and oxygen atoms in total. The van der Waals surface area contributed by atoms with Crippen LogP contribution in [0.25, 0.3) is 0 Å². The molecule has 0 aliphatic carbocycles. The quantitative estimate of drug-likeness (QED) is 0.705. The molecule has 0 amide bonds. The van der Waals surface area contributed by atoms with Crippen LogP contribution in [-0.2, 0) is 11.2 Å². The van der Waals surface area contributed by atoms with Crippen molar-refractivity contribution in [2.75, 3.05) is 31.2 Å². The molecule has 1 aromatic rings. The summed E-state index contributed by atoms with van der Waals surface area (Å²) >= 11 is 0. The van der Waals surface area contributed by atoms with Crippen LogP contribution in [0, 0.1) is 6.92 Å². The number of nitrogens with two attached hydrogens (primary N) is 1. The van der Waals surface area contributed by atoms with Crippen molar-refractivity contribution >= 4 is 5.69 Å². The fourth-order valence-electron chi connectivity index (χ4n) is 2.32. The van der Waals surface area contributed by atoms with Crippen LogP contribution >= 0.6 is 0 Å². The largest absolute Gasteiger partial charge is 0.380 e. The molecule has 0 aromatic heterocycles. The van der Waals surface area contributed by atoms with Crippen LogP contribution in [-0.4, -0.2) is 32.3 Å². The lowest BCUT2D eigenvalue weighted by molar-refractivity contribution is 0.154. The van der Waals surface area contributed by atoms with E-state index in [9.17, 15) is 0 Å². The molecular weight excluding hydrogens is 248 g/mol. The summed E-state index contributed by atoms with van der Waals surface area (Å²) < 4.78 is 5.45. The minimum absolute atomic E-state index is 0.264. The van der Waals surface area contributed by atoms with Gasteiger partial charge in [0.1, 0.15) is 0 Å².